The smallest absolute Gasteiger partial charge is 0.0985 e. The number of fused-ring (bicyclic) bond motifs is 15. The van der Waals surface area contributed by atoms with Gasteiger partial charge >= 0.3 is 0 Å². The number of hydrogen-bond acceptors (Lipinski definition) is 2. The van der Waals surface area contributed by atoms with Crippen LogP contribution < -0.4 is 0 Å². The molecule has 2 aliphatic carbocycles. The Bertz CT molecular complexity index is 2870. The van der Waals surface area contributed by atoms with E-state index in [2.05, 4.69) is 128 Å². The summed E-state index contributed by atoms with van der Waals surface area (Å²) < 4.78 is 2.56. The van der Waals surface area contributed by atoms with E-state index >= 15 is 0 Å². The minimum atomic E-state index is -0.188. The summed E-state index contributed by atoms with van der Waals surface area (Å²) in [6.07, 6.45) is 5.69. The zero-order valence-corrected chi connectivity index (χ0v) is 26.9. The van der Waals surface area contributed by atoms with Gasteiger partial charge in [-0.25, -0.2) is 0 Å². The monoisotopic (exact) mass is 613 g/mol. The largest absolute Gasteiger partial charge is 0.308 e. The quantitative estimate of drug-likeness (QED) is 0.172. The average molecular weight is 614 g/mol. The van der Waals surface area contributed by atoms with Crippen molar-refractivity contribution in [3.8, 4) is 16.8 Å². The third-order valence-corrected chi connectivity index (χ3v) is 11.3. The van der Waals surface area contributed by atoms with Gasteiger partial charge < -0.3 is 4.57 Å². The maximum Gasteiger partial charge on any atom is 0.0985 e. The molecule has 6 aromatic carbocycles. The van der Waals surface area contributed by atoms with E-state index in [9.17, 15) is 0 Å². The summed E-state index contributed by atoms with van der Waals surface area (Å²) >= 11 is 0. The van der Waals surface area contributed by atoms with E-state index in [0.29, 0.717) is 0 Å². The number of para-hydroxylation sites is 1. The lowest BCUT2D eigenvalue weighted by molar-refractivity contribution is 0.663. The zero-order chi connectivity index (χ0) is 31.7. The van der Waals surface area contributed by atoms with E-state index in [1.165, 1.54) is 77.1 Å². The van der Waals surface area contributed by atoms with E-state index in [1.807, 2.05) is 18.5 Å². The molecule has 0 spiro atoms. The molecule has 0 radical (unpaired) electrons. The predicted molar refractivity (Wildman–Crippen MR) is 199 cm³/mol. The number of hydrogen-bond donors (Lipinski definition) is 0. The Balaban J connectivity index is 1.33. The van der Waals surface area contributed by atoms with Gasteiger partial charge in [0.1, 0.15) is 0 Å². The molecule has 0 amide bonds. The molecule has 3 aromatic heterocycles. The molecule has 9 aromatic rings. The molecular formula is C45H31N3. The molecule has 0 N–H and O–H groups in total. The van der Waals surface area contributed by atoms with E-state index in [-0.39, 0.29) is 5.41 Å². The van der Waals surface area contributed by atoms with Crippen molar-refractivity contribution in [3.63, 3.8) is 0 Å². The topological polar surface area (TPSA) is 30.7 Å². The van der Waals surface area contributed by atoms with Crippen LogP contribution in [0.3, 0.4) is 0 Å². The Hall–Kier alpha value is -5.80. The second kappa shape index (κ2) is 9.17. The van der Waals surface area contributed by atoms with Crippen molar-refractivity contribution < 1.29 is 0 Å². The fourth-order valence-corrected chi connectivity index (χ4v) is 9.26. The van der Waals surface area contributed by atoms with Crippen molar-refractivity contribution >= 4 is 54.4 Å². The highest BCUT2D eigenvalue weighted by Crippen LogP contribution is 2.57. The van der Waals surface area contributed by atoms with E-state index < -0.39 is 0 Å². The van der Waals surface area contributed by atoms with E-state index in [0.717, 1.165) is 40.3 Å². The number of rotatable bonds is 1. The SMILES string of the molecule is CC1(C)c2ccccc2-c2c3c(c4c5ccccc5n(-c5ccnc6c5ccc5cccnc56)c4c21)Cc1cc2ccccc2cc1C3. The third-order valence-electron chi connectivity index (χ3n) is 11.3. The summed E-state index contributed by atoms with van der Waals surface area (Å²) in [6, 6.07) is 42.6. The summed E-state index contributed by atoms with van der Waals surface area (Å²) in [4.78, 5) is 9.71. The minimum Gasteiger partial charge on any atom is -0.308 e. The summed E-state index contributed by atoms with van der Waals surface area (Å²) in [5.74, 6) is 0. The summed E-state index contributed by atoms with van der Waals surface area (Å²) in [6.45, 7) is 4.86. The highest BCUT2D eigenvalue weighted by Gasteiger charge is 2.42. The number of pyridine rings is 2. The van der Waals surface area contributed by atoms with Crippen LogP contribution >= 0.6 is 0 Å². The minimum absolute atomic E-state index is 0.188. The second-order valence-corrected chi connectivity index (χ2v) is 14.1. The van der Waals surface area contributed by atoms with Crippen molar-refractivity contribution in [2.75, 3.05) is 0 Å². The van der Waals surface area contributed by atoms with Crippen LogP contribution in [0.1, 0.15) is 47.2 Å². The van der Waals surface area contributed by atoms with Crippen molar-refractivity contribution in [2.45, 2.75) is 32.1 Å². The molecule has 11 rings (SSSR count). The predicted octanol–water partition coefficient (Wildman–Crippen LogP) is 10.8. The highest BCUT2D eigenvalue weighted by atomic mass is 15.0. The van der Waals surface area contributed by atoms with Crippen LogP contribution in [0.25, 0.3) is 71.2 Å². The van der Waals surface area contributed by atoms with Crippen LogP contribution in [0, 0.1) is 0 Å². The van der Waals surface area contributed by atoms with Gasteiger partial charge in [0, 0.05) is 39.4 Å². The first-order valence-corrected chi connectivity index (χ1v) is 16.9. The van der Waals surface area contributed by atoms with E-state index in [4.69, 9.17) is 9.97 Å². The van der Waals surface area contributed by atoms with Crippen molar-refractivity contribution in [1.82, 2.24) is 14.5 Å². The standard InChI is InChI=1S/C45H31N3/c1-45(2)36-15-7-5-13-31(36)39-34-24-29-22-27-10-3-4-11-28(27)23-30(29)25-35(34)40-32-14-6-8-16-37(32)48(44(40)41(39)45)38-19-21-47-43-33(38)18-17-26-12-9-20-46-42(26)43/h3-23H,24-25H2,1-2H3. The van der Waals surface area contributed by atoms with Gasteiger partial charge in [-0.1, -0.05) is 105 Å². The Morgan fingerprint density at radius 3 is 2.17 bits per heavy atom. The Morgan fingerprint density at radius 2 is 1.31 bits per heavy atom. The lowest BCUT2D eigenvalue weighted by Gasteiger charge is -2.28. The second-order valence-electron chi connectivity index (χ2n) is 14.1. The zero-order valence-electron chi connectivity index (χ0n) is 26.9. The van der Waals surface area contributed by atoms with Crippen LogP contribution in [0.5, 0.6) is 0 Å². The molecule has 0 bridgehead atoms. The lowest BCUT2D eigenvalue weighted by Crippen LogP contribution is -2.18. The first kappa shape index (κ1) is 26.3. The summed E-state index contributed by atoms with van der Waals surface area (Å²) in [5.41, 5.74) is 16.9. The normalized spacial score (nSPS) is 14.5. The van der Waals surface area contributed by atoms with Gasteiger partial charge in [-0.15, -0.1) is 0 Å². The molecule has 3 heterocycles. The van der Waals surface area contributed by atoms with Gasteiger partial charge in [0.05, 0.1) is 27.8 Å². The molecular weight excluding hydrogens is 583 g/mol. The molecule has 2 aliphatic rings. The molecule has 0 saturated heterocycles. The van der Waals surface area contributed by atoms with Gasteiger partial charge in [0.15, 0.2) is 0 Å². The molecule has 0 atom stereocenters. The van der Waals surface area contributed by atoms with Gasteiger partial charge in [-0.2, -0.15) is 0 Å². The molecule has 0 fully saturated rings. The fraction of sp³-hybridized carbons (Fsp3) is 0.111. The number of nitrogens with zero attached hydrogens (tertiary/aromatic N) is 3. The Kier molecular flexibility index (Phi) is 5.02. The van der Waals surface area contributed by atoms with Crippen molar-refractivity contribution in [3.05, 3.63) is 161 Å². The van der Waals surface area contributed by atoms with Gasteiger partial charge in [-0.3, -0.25) is 9.97 Å². The van der Waals surface area contributed by atoms with Crippen LogP contribution in [0.15, 0.2) is 128 Å². The number of aromatic nitrogens is 3. The molecule has 226 valence electrons. The van der Waals surface area contributed by atoms with Crippen LogP contribution in [0.4, 0.5) is 0 Å². The third kappa shape index (κ3) is 3.28. The first-order valence-electron chi connectivity index (χ1n) is 16.9. The van der Waals surface area contributed by atoms with Crippen molar-refractivity contribution in [1.29, 1.82) is 0 Å². The molecule has 3 heteroatoms. The van der Waals surface area contributed by atoms with Crippen LogP contribution in [-0.4, -0.2) is 14.5 Å². The van der Waals surface area contributed by atoms with Gasteiger partial charge in [-0.05, 0) is 92.4 Å². The van der Waals surface area contributed by atoms with Gasteiger partial charge in [0.2, 0.25) is 0 Å². The summed E-state index contributed by atoms with van der Waals surface area (Å²) in [5, 5.41) is 7.56. The molecule has 0 aliphatic heterocycles. The Labute approximate surface area is 278 Å². The molecule has 0 unspecified atom stereocenters. The maximum absolute atomic E-state index is 4.92. The first-order chi connectivity index (χ1) is 23.6. The highest BCUT2D eigenvalue weighted by molar-refractivity contribution is 6.17. The molecule has 0 saturated carbocycles. The lowest BCUT2D eigenvalue weighted by atomic mass is 9.76. The maximum atomic E-state index is 4.92. The average Bonchev–Trinajstić information content (AvgIpc) is 3.59. The van der Waals surface area contributed by atoms with E-state index in [1.54, 1.807) is 0 Å². The molecule has 3 nitrogen and oxygen atoms in total. The van der Waals surface area contributed by atoms with Crippen molar-refractivity contribution in [2.24, 2.45) is 0 Å². The van der Waals surface area contributed by atoms with Crippen LogP contribution in [-0.2, 0) is 18.3 Å². The van der Waals surface area contributed by atoms with Gasteiger partial charge in [0.25, 0.3) is 0 Å². The summed E-state index contributed by atoms with van der Waals surface area (Å²) in [7, 11) is 0. The molecule has 48 heavy (non-hydrogen) atoms. The number of benzene rings is 6. The Morgan fingerprint density at radius 1 is 0.604 bits per heavy atom. The fourth-order valence-electron chi connectivity index (χ4n) is 9.26. The van der Waals surface area contributed by atoms with Crippen LogP contribution in [0.2, 0.25) is 0 Å².